The highest BCUT2D eigenvalue weighted by Gasteiger charge is 2.34. The SMILES string of the molecule is O=C1NCc2c1c1c(c3[nH]c4ccc(F)cc4c23)Cc2ccccc2-1. The lowest BCUT2D eigenvalue weighted by molar-refractivity contribution is 0.0966. The van der Waals surface area contributed by atoms with Crippen LogP contribution in [0.25, 0.3) is 32.9 Å². The zero-order valence-corrected chi connectivity index (χ0v) is 13.2. The van der Waals surface area contributed by atoms with Gasteiger partial charge >= 0.3 is 0 Å². The van der Waals surface area contributed by atoms with Crippen molar-refractivity contribution in [3.8, 4) is 11.1 Å². The van der Waals surface area contributed by atoms with Crippen LogP contribution in [0.4, 0.5) is 4.39 Å². The second-order valence-corrected chi connectivity index (χ2v) is 6.79. The molecule has 3 aromatic carbocycles. The average molecular weight is 328 g/mol. The highest BCUT2D eigenvalue weighted by atomic mass is 19.1. The van der Waals surface area contributed by atoms with Gasteiger partial charge in [-0.3, -0.25) is 4.79 Å². The molecule has 0 fully saturated rings. The van der Waals surface area contributed by atoms with Gasteiger partial charge in [0.25, 0.3) is 5.91 Å². The molecule has 6 rings (SSSR count). The third-order valence-electron chi connectivity index (χ3n) is 5.52. The summed E-state index contributed by atoms with van der Waals surface area (Å²) in [5.74, 6) is -0.293. The van der Waals surface area contributed by atoms with Crippen molar-refractivity contribution in [3.63, 3.8) is 0 Å². The van der Waals surface area contributed by atoms with Gasteiger partial charge in [0.05, 0.1) is 11.1 Å². The van der Waals surface area contributed by atoms with Crippen molar-refractivity contribution in [2.24, 2.45) is 0 Å². The Balaban J connectivity index is 1.87. The molecule has 1 amide bonds. The molecule has 0 spiro atoms. The monoisotopic (exact) mass is 328 g/mol. The molecule has 1 aliphatic heterocycles. The molecule has 1 aromatic heterocycles. The fourth-order valence-corrected chi connectivity index (χ4v) is 4.52. The number of hydrogen-bond acceptors (Lipinski definition) is 1. The quantitative estimate of drug-likeness (QED) is 0.438. The van der Waals surface area contributed by atoms with E-state index in [1.54, 1.807) is 12.1 Å². The predicted octanol–water partition coefficient (Wildman–Crippen LogP) is 4.27. The van der Waals surface area contributed by atoms with Gasteiger partial charge in [-0.2, -0.15) is 0 Å². The summed E-state index contributed by atoms with van der Waals surface area (Å²) < 4.78 is 13.9. The van der Waals surface area contributed by atoms with E-state index < -0.39 is 0 Å². The van der Waals surface area contributed by atoms with Crippen molar-refractivity contribution in [1.82, 2.24) is 10.3 Å². The van der Waals surface area contributed by atoms with Crippen LogP contribution in [0.1, 0.15) is 27.0 Å². The van der Waals surface area contributed by atoms with Gasteiger partial charge in [-0.05, 0) is 40.5 Å². The molecule has 4 heteroatoms. The van der Waals surface area contributed by atoms with Crippen LogP contribution in [0, 0.1) is 5.82 Å². The number of benzene rings is 3. The second kappa shape index (κ2) is 4.28. The van der Waals surface area contributed by atoms with Gasteiger partial charge in [-0.15, -0.1) is 0 Å². The molecule has 1 aliphatic carbocycles. The van der Waals surface area contributed by atoms with Crippen molar-refractivity contribution in [2.45, 2.75) is 13.0 Å². The van der Waals surface area contributed by atoms with Crippen LogP contribution in [0.3, 0.4) is 0 Å². The summed E-state index contributed by atoms with van der Waals surface area (Å²) in [6.07, 6.45) is 0.790. The number of aromatic amines is 1. The van der Waals surface area contributed by atoms with Gasteiger partial charge in [-0.25, -0.2) is 4.39 Å². The maximum absolute atomic E-state index is 13.9. The largest absolute Gasteiger partial charge is 0.354 e. The van der Waals surface area contributed by atoms with Gasteiger partial charge < -0.3 is 10.3 Å². The van der Waals surface area contributed by atoms with Gasteiger partial charge in [0.1, 0.15) is 5.82 Å². The zero-order valence-electron chi connectivity index (χ0n) is 13.2. The summed E-state index contributed by atoms with van der Waals surface area (Å²) in [5.41, 5.74) is 8.23. The molecule has 0 unspecified atom stereocenters. The van der Waals surface area contributed by atoms with Crippen LogP contribution >= 0.6 is 0 Å². The molecule has 0 saturated heterocycles. The summed E-state index contributed by atoms with van der Waals surface area (Å²) in [7, 11) is 0. The molecular weight excluding hydrogens is 315 g/mol. The Labute approximate surface area is 142 Å². The lowest BCUT2D eigenvalue weighted by atomic mass is 9.92. The number of aromatic nitrogens is 1. The maximum atomic E-state index is 13.9. The number of amides is 1. The molecule has 2 N–H and O–H groups in total. The van der Waals surface area contributed by atoms with Crippen molar-refractivity contribution in [2.75, 3.05) is 0 Å². The number of H-pyrrole nitrogens is 1. The van der Waals surface area contributed by atoms with Crippen LogP contribution in [0.15, 0.2) is 42.5 Å². The first-order chi connectivity index (χ1) is 12.2. The van der Waals surface area contributed by atoms with Crippen LogP contribution < -0.4 is 5.32 Å². The van der Waals surface area contributed by atoms with Crippen molar-refractivity contribution in [1.29, 1.82) is 0 Å². The minimum Gasteiger partial charge on any atom is -0.354 e. The van der Waals surface area contributed by atoms with E-state index in [1.165, 1.54) is 11.6 Å². The fraction of sp³-hybridized carbons (Fsp3) is 0.0952. The first-order valence-corrected chi connectivity index (χ1v) is 8.37. The highest BCUT2D eigenvalue weighted by molar-refractivity contribution is 6.19. The summed E-state index contributed by atoms with van der Waals surface area (Å²) in [5, 5.41) is 4.79. The molecule has 2 heterocycles. The van der Waals surface area contributed by atoms with Crippen molar-refractivity contribution in [3.05, 3.63) is 70.5 Å². The Morgan fingerprint density at radius 3 is 2.80 bits per heavy atom. The van der Waals surface area contributed by atoms with Crippen LogP contribution in [0.5, 0.6) is 0 Å². The van der Waals surface area contributed by atoms with E-state index in [9.17, 15) is 9.18 Å². The highest BCUT2D eigenvalue weighted by Crippen LogP contribution is 2.47. The van der Waals surface area contributed by atoms with Crippen LogP contribution in [-0.4, -0.2) is 10.9 Å². The smallest absolute Gasteiger partial charge is 0.252 e. The van der Waals surface area contributed by atoms with Gasteiger partial charge in [-0.1, -0.05) is 24.3 Å². The number of rotatable bonds is 0. The molecule has 120 valence electrons. The number of hydrogen-bond donors (Lipinski definition) is 2. The van der Waals surface area contributed by atoms with E-state index in [2.05, 4.69) is 22.4 Å². The molecule has 0 bridgehead atoms. The van der Waals surface area contributed by atoms with Gasteiger partial charge in [0.2, 0.25) is 0 Å². The lowest BCUT2D eigenvalue weighted by Crippen LogP contribution is -2.13. The summed E-state index contributed by atoms with van der Waals surface area (Å²) in [6.45, 7) is 0.490. The molecule has 25 heavy (non-hydrogen) atoms. The van der Waals surface area contributed by atoms with E-state index in [0.717, 1.165) is 56.0 Å². The first-order valence-electron chi connectivity index (χ1n) is 8.37. The number of fused-ring (bicyclic) bond motifs is 10. The molecule has 2 aliphatic rings. The number of nitrogens with one attached hydrogen (secondary N) is 2. The van der Waals surface area contributed by atoms with Crippen molar-refractivity contribution >= 4 is 27.7 Å². The maximum Gasteiger partial charge on any atom is 0.252 e. The van der Waals surface area contributed by atoms with E-state index in [1.807, 2.05) is 12.1 Å². The van der Waals surface area contributed by atoms with Crippen LogP contribution in [0.2, 0.25) is 0 Å². The fourth-order valence-electron chi connectivity index (χ4n) is 4.52. The third kappa shape index (κ3) is 1.52. The average Bonchev–Trinajstić information content (AvgIpc) is 3.27. The molecule has 0 saturated carbocycles. The zero-order chi connectivity index (χ0) is 16.7. The third-order valence-corrected chi connectivity index (χ3v) is 5.52. The van der Waals surface area contributed by atoms with E-state index in [4.69, 9.17) is 0 Å². The Morgan fingerprint density at radius 2 is 1.88 bits per heavy atom. The standard InChI is InChI=1S/C21H13FN2O/c22-11-5-6-16-13(8-11)18-15-9-23-21(25)19(15)17-12-4-2-1-3-10(12)7-14(17)20(18)24-16/h1-6,8,24H,7,9H2,(H,23,25). The first kappa shape index (κ1) is 13.2. The number of carbonyl (C=O) groups is 1. The Kier molecular flexibility index (Phi) is 2.26. The molecule has 3 nitrogen and oxygen atoms in total. The summed E-state index contributed by atoms with van der Waals surface area (Å²) in [6, 6.07) is 13.0. The van der Waals surface area contributed by atoms with Gasteiger partial charge in [0, 0.05) is 34.8 Å². The summed E-state index contributed by atoms with van der Waals surface area (Å²) in [4.78, 5) is 16.1. The van der Waals surface area contributed by atoms with Gasteiger partial charge in [0.15, 0.2) is 0 Å². The van der Waals surface area contributed by atoms with Crippen molar-refractivity contribution < 1.29 is 9.18 Å². The Hall–Kier alpha value is -3.14. The van der Waals surface area contributed by atoms with E-state index in [0.29, 0.717) is 6.54 Å². The topological polar surface area (TPSA) is 44.9 Å². The number of carbonyl (C=O) groups excluding carboxylic acids is 1. The predicted molar refractivity (Wildman–Crippen MR) is 95.2 cm³/mol. The van der Waals surface area contributed by atoms with E-state index in [-0.39, 0.29) is 11.7 Å². The van der Waals surface area contributed by atoms with Crippen LogP contribution in [-0.2, 0) is 13.0 Å². The second-order valence-electron chi connectivity index (χ2n) is 6.79. The molecule has 0 radical (unpaired) electrons. The number of halogens is 1. The minimum absolute atomic E-state index is 0.0318. The normalized spacial score (nSPS) is 14.7. The summed E-state index contributed by atoms with van der Waals surface area (Å²) >= 11 is 0. The molecule has 0 atom stereocenters. The lowest BCUT2D eigenvalue weighted by Gasteiger charge is -2.09. The Morgan fingerprint density at radius 1 is 1.00 bits per heavy atom. The molecular formula is C21H13FN2O. The van der Waals surface area contributed by atoms with E-state index >= 15 is 0 Å². The minimum atomic E-state index is -0.261. The Bertz CT molecular complexity index is 1250. The molecule has 4 aromatic rings.